The van der Waals surface area contributed by atoms with E-state index in [1.54, 1.807) is 0 Å². The molecule has 0 aliphatic rings. The van der Waals surface area contributed by atoms with Crippen molar-refractivity contribution in [2.24, 2.45) is 0 Å². The number of anilines is 1. The Hall–Kier alpha value is -0.350. The number of nitrogens with zero attached hydrogens (tertiary/aromatic N) is 2. The maximum atomic E-state index is 5.36. The van der Waals surface area contributed by atoms with Crippen molar-refractivity contribution in [2.45, 2.75) is 19.8 Å². The van der Waals surface area contributed by atoms with Crippen LogP contribution in [0.3, 0.4) is 0 Å². The third-order valence-electron chi connectivity index (χ3n) is 0.950. The highest BCUT2D eigenvalue weighted by molar-refractivity contribution is 7.15. The molecule has 0 aromatic carbocycles. The van der Waals surface area contributed by atoms with Gasteiger partial charge in [0.25, 0.3) is 0 Å². The Labute approximate surface area is 70.1 Å². The lowest BCUT2D eigenvalue weighted by Gasteiger charge is -1.92. The predicted molar refractivity (Wildman–Crippen MR) is 38.4 cm³/mol. The average Bonchev–Trinajstić information content (AvgIpc) is 2.14. The Morgan fingerprint density at radius 1 is 1.40 bits per heavy atom. The molecular formula is C5H9ClN3S-. The minimum absolute atomic E-state index is 0. The molecule has 0 aliphatic heterocycles. The van der Waals surface area contributed by atoms with E-state index in [9.17, 15) is 0 Å². The van der Waals surface area contributed by atoms with E-state index in [1.807, 2.05) is 0 Å². The van der Waals surface area contributed by atoms with Crippen LogP contribution in [-0.4, -0.2) is 10.2 Å². The molecule has 0 saturated heterocycles. The Morgan fingerprint density at radius 2 is 2.00 bits per heavy atom. The van der Waals surface area contributed by atoms with Gasteiger partial charge in [-0.15, -0.1) is 10.2 Å². The zero-order valence-corrected chi connectivity index (χ0v) is 7.41. The largest absolute Gasteiger partial charge is 1.00 e. The average molecular weight is 179 g/mol. The molecule has 0 fully saturated rings. The summed E-state index contributed by atoms with van der Waals surface area (Å²) in [7, 11) is 0. The molecular weight excluding hydrogens is 170 g/mol. The lowest BCUT2D eigenvalue weighted by atomic mass is 10.2. The van der Waals surface area contributed by atoms with E-state index in [-0.39, 0.29) is 12.4 Å². The van der Waals surface area contributed by atoms with E-state index >= 15 is 0 Å². The molecule has 0 amide bonds. The molecule has 1 rings (SSSR count). The maximum absolute atomic E-state index is 5.36. The number of rotatable bonds is 1. The minimum Gasteiger partial charge on any atom is -1.00 e. The van der Waals surface area contributed by atoms with Gasteiger partial charge < -0.3 is 18.1 Å². The van der Waals surface area contributed by atoms with Gasteiger partial charge in [-0.05, 0) is 0 Å². The summed E-state index contributed by atoms with van der Waals surface area (Å²) in [4.78, 5) is 0. The van der Waals surface area contributed by atoms with Gasteiger partial charge in [0.1, 0.15) is 5.01 Å². The van der Waals surface area contributed by atoms with Crippen LogP contribution >= 0.6 is 11.3 Å². The predicted octanol–water partition coefficient (Wildman–Crippen LogP) is -1.75. The Kier molecular flexibility index (Phi) is 3.60. The summed E-state index contributed by atoms with van der Waals surface area (Å²) in [5, 5.41) is 9.10. The fourth-order valence-corrected chi connectivity index (χ4v) is 1.09. The van der Waals surface area contributed by atoms with Crippen molar-refractivity contribution in [3.05, 3.63) is 5.01 Å². The third-order valence-corrected chi connectivity index (χ3v) is 2.00. The topological polar surface area (TPSA) is 51.8 Å². The molecule has 2 N–H and O–H groups in total. The van der Waals surface area contributed by atoms with Crippen molar-refractivity contribution in [1.82, 2.24) is 10.2 Å². The zero-order valence-electron chi connectivity index (χ0n) is 5.84. The Balaban J connectivity index is 0.000000810. The first-order chi connectivity index (χ1) is 4.20. The summed E-state index contributed by atoms with van der Waals surface area (Å²) in [6.45, 7) is 4.14. The molecule has 58 valence electrons. The van der Waals surface area contributed by atoms with Crippen molar-refractivity contribution >= 4 is 16.5 Å². The number of halogens is 1. The summed E-state index contributed by atoms with van der Waals surface area (Å²) in [5.41, 5.74) is 5.36. The molecule has 0 bridgehead atoms. The SMILES string of the molecule is CC(C)c1nnc(N)s1.[Cl-]. The summed E-state index contributed by atoms with van der Waals surface area (Å²) in [6, 6.07) is 0. The van der Waals surface area contributed by atoms with Gasteiger partial charge in [-0.2, -0.15) is 0 Å². The highest BCUT2D eigenvalue weighted by Crippen LogP contribution is 2.19. The molecule has 0 saturated carbocycles. The number of nitrogen functional groups attached to an aromatic ring is 1. The van der Waals surface area contributed by atoms with Crippen LogP contribution in [0, 0.1) is 0 Å². The van der Waals surface area contributed by atoms with Crippen LogP contribution in [-0.2, 0) is 0 Å². The molecule has 5 heteroatoms. The second-order valence-corrected chi connectivity index (χ2v) is 3.17. The molecule has 0 atom stereocenters. The van der Waals surface area contributed by atoms with Gasteiger partial charge in [0.15, 0.2) is 0 Å². The lowest BCUT2D eigenvalue weighted by Crippen LogP contribution is -3.00. The van der Waals surface area contributed by atoms with E-state index in [4.69, 9.17) is 5.73 Å². The van der Waals surface area contributed by atoms with Crippen LogP contribution in [0.5, 0.6) is 0 Å². The first-order valence-electron chi connectivity index (χ1n) is 2.79. The highest BCUT2D eigenvalue weighted by atomic mass is 35.5. The van der Waals surface area contributed by atoms with Crippen LogP contribution in [0.25, 0.3) is 0 Å². The van der Waals surface area contributed by atoms with Gasteiger partial charge in [0.05, 0.1) is 0 Å². The first kappa shape index (κ1) is 9.65. The fraction of sp³-hybridized carbons (Fsp3) is 0.600. The summed E-state index contributed by atoms with van der Waals surface area (Å²) in [5.74, 6) is 0.444. The van der Waals surface area contributed by atoms with Crippen molar-refractivity contribution in [1.29, 1.82) is 0 Å². The number of hydrogen-bond acceptors (Lipinski definition) is 4. The summed E-state index contributed by atoms with van der Waals surface area (Å²) in [6.07, 6.45) is 0. The van der Waals surface area contributed by atoms with Gasteiger partial charge >= 0.3 is 0 Å². The van der Waals surface area contributed by atoms with Crippen molar-refractivity contribution in [2.75, 3.05) is 5.73 Å². The molecule has 0 spiro atoms. The van der Waals surface area contributed by atoms with Gasteiger partial charge in [-0.25, -0.2) is 0 Å². The van der Waals surface area contributed by atoms with Gasteiger partial charge in [0, 0.05) is 5.92 Å². The number of hydrogen-bond donors (Lipinski definition) is 1. The quantitative estimate of drug-likeness (QED) is 0.555. The molecule has 0 aliphatic carbocycles. The second kappa shape index (κ2) is 3.73. The van der Waals surface area contributed by atoms with Gasteiger partial charge in [-0.3, -0.25) is 0 Å². The van der Waals surface area contributed by atoms with Crippen LogP contribution < -0.4 is 18.1 Å². The van der Waals surface area contributed by atoms with Crippen LogP contribution in [0.4, 0.5) is 5.13 Å². The molecule has 0 unspecified atom stereocenters. The van der Waals surface area contributed by atoms with Crippen LogP contribution in [0.1, 0.15) is 24.8 Å². The van der Waals surface area contributed by atoms with E-state index in [2.05, 4.69) is 24.0 Å². The smallest absolute Gasteiger partial charge is 0.203 e. The maximum Gasteiger partial charge on any atom is 0.203 e. The molecule has 3 nitrogen and oxygen atoms in total. The summed E-state index contributed by atoms with van der Waals surface area (Å²) < 4.78 is 0. The zero-order chi connectivity index (χ0) is 6.85. The Bertz CT molecular complexity index is 199. The molecule has 0 radical (unpaired) electrons. The van der Waals surface area contributed by atoms with Crippen molar-refractivity contribution < 1.29 is 12.4 Å². The monoisotopic (exact) mass is 178 g/mol. The Morgan fingerprint density at radius 3 is 2.20 bits per heavy atom. The van der Waals surface area contributed by atoms with E-state index in [1.165, 1.54) is 11.3 Å². The summed E-state index contributed by atoms with van der Waals surface area (Å²) >= 11 is 1.45. The first-order valence-corrected chi connectivity index (χ1v) is 3.60. The third kappa shape index (κ3) is 2.11. The molecule has 1 heterocycles. The van der Waals surface area contributed by atoms with Crippen LogP contribution in [0.2, 0.25) is 0 Å². The van der Waals surface area contributed by atoms with Gasteiger partial charge in [0.2, 0.25) is 5.13 Å². The standard InChI is InChI=1S/C5H9N3S.ClH/c1-3(2)4-7-8-5(6)9-4;/h3H,1-2H3,(H2,6,8);1H/p-1. The fourth-order valence-electron chi connectivity index (χ4n) is 0.480. The second-order valence-electron chi connectivity index (χ2n) is 2.13. The minimum atomic E-state index is 0. The van der Waals surface area contributed by atoms with Crippen molar-refractivity contribution in [3.8, 4) is 0 Å². The normalized spacial score (nSPS) is 9.50. The number of aromatic nitrogens is 2. The highest BCUT2D eigenvalue weighted by Gasteiger charge is 2.03. The lowest BCUT2D eigenvalue weighted by molar-refractivity contribution is -0.00000210. The molecule has 1 aromatic rings. The van der Waals surface area contributed by atoms with E-state index in [0.717, 1.165) is 5.01 Å². The van der Waals surface area contributed by atoms with E-state index in [0.29, 0.717) is 11.0 Å². The van der Waals surface area contributed by atoms with Crippen molar-refractivity contribution in [3.63, 3.8) is 0 Å². The van der Waals surface area contributed by atoms with E-state index < -0.39 is 0 Å². The number of nitrogens with two attached hydrogens (primary N) is 1. The molecule has 1 aromatic heterocycles. The molecule has 10 heavy (non-hydrogen) atoms. The van der Waals surface area contributed by atoms with Gasteiger partial charge in [-0.1, -0.05) is 25.2 Å². The van der Waals surface area contributed by atoms with Crippen LogP contribution in [0.15, 0.2) is 0 Å².